The highest BCUT2D eigenvalue weighted by Crippen LogP contribution is 2.51. The van der Waals surface area contributed by atoms with E-state index in [-0.39, 0.29) is 12.1 Å². The van der Waals surface area contributed by atoms with E-state index in [1.54, 1.807) is 14.2 Å². The zero-order valence-electron chi connectivity index (χ0n) is 15.3. The number of methoxy groups -OCH3 is 2. The van der Waals surface area contributed by atoms with Crippen molar-refractivity contribution < 1.29 is 14.2 Å². The minimum atomic E-state index is 0.120. The smallest absolute Gasteiger partial charge is 0.179 e. The van der Waals surface area contributed by atoms with Gasteiger partial charge in [-0.2, -0.15) is 0 Å². The van der Waals surface area contributed by atoms with Gasteiger partial charge < -0.3 is 19.5 Å². The summed E-state index contributed by atoms with van der Waals surface area (Å²) in [5.41, 5.74) is 4.85. The lowest BCUT2D eigenvalue weighted by Crippen LogP contribution is -2.29. The number of fused-ring (bicyclic) bond motifs is 3. The van der Waals surface area contributed by atoms with Crippen LogP contribution in [0.1, 0.15) is 42.2 Å². The monoisotopic (exact) mass is 373 g/mol. The van der Waals surface area contributed by atoms with Crippen molar-refractivity contribution in [3.05, 3.63) is 52.0 Å². The van der Waals surface area contributed by atoms with Crippen LogP contribution in [-0.2, 0) is 11.2 Å². The Labute approximate surface area is 159 Å². The number of hydrogen-bond donors (Lipinski definition) is 1. The molecule has 26 heavy (non-hydrogen) atoms. The Morgan fingerprint density at radius 3 is 2.77 bits per heavy atom. The second-order valence-electron chi connectivity index (χ2n) is 6.88. The summed E-state index contributed by atoms with van der Waals surface area (Å²) in [4.78, 5) is 0. The second kappa shape index (κ2) is 7.01. The molecule has 1 saturated heterocycles. The number of ether oxygens (including phenoxy) is 3. The fraction of sp³-hybridized carbons (Fsp3) is 0.429. The van der Waals surface area contributed by atoms with E-state index < -0.39 is 0 Å². The Hall–Kier alpha value is -1.91. The van der Waals surface area contributed by atoms with Crippen molar-refractivity contribution in [1.29, 1.82) is 0 Å². The first kappa shape index (κ1) is 17.5. The number of rotatable bonds is 4. The summed E-state index contributed by atoms with van der Waals surface area (Å²) >= 11 is 6.45. The van der Waals surface area contributed by atoms with E-state index in [0.29, 0.717) is 22.4 Å². The first-order valence-electron chi connectivity index (χ1n) is 9.08. The van der Waals surface area contributed by atoms with Crippen LogP contribution in [0.2, 0.25) is 5.02 Å². The number of aryl methyl sites for hydroxylation is 1. The second-order valence-corrected chi connectivity index (χ2v) is 7.29. The predicted molar refractivity (Wildman–Crippen MR) is 104 cm³/mol. The topological polar surface area (TPSA) is 39.7 Å². The lowest BCUT2D eigenvalue weighted by Gasteiger charge is -2.37. The van der Waals surface area contributed by atoms with Gasteiger partial charge in [0.25, 0.3) is 0 Å². The molecule has 4 rings (SSSR count). The zero-order valence-corrected chi connectivity index (χ0v) is 16.1. The van der Waals surface area contributed by atoms with Gasteiger partial charge in [-0.25, -0.2) is 0 Å². The molecule has 2 heterocycles. The van der Waals surface area contributed by atoms with Gasteiger partial charge in [0.2, 0.25) is 0 Å². The first-order valence-corrected chi connectivity index (χ1v) is 9.46. The number of halogens is 1. The third-order valence-corrected chi connectivity index (χ3v) is 5.80. The van der Waals surface area contributed by atoms with Gasteiger partial charge in [0.15, 0.2) is 11.5 Å². The molecule has 0 aliphatic carbocycles. The SMILES string of the molecule is CCc1ccc2c(c1)[C@H]1OCC[C@H]1C(c1cc(Cl)c(OC)c(OC)c1)N2. The fourth-order valence-electron chi connectivity index (χ4n) is 4.19. The van der Waals surface area contributed by atoms with Crippen LogP contribution >= 0.6 is 11.6 Å². The van der Waals surface area contributed by atoms with E-state index in [1.807, 2.05) is 12.1 Å². The van der Waals surface area contributed by atoms with Crippen molar-refractivity contribution >= 4 is 17.3 Å². The molecule has 0 amide bonds. The van der Waals surface area contributed by atoms with Gasteiger partial charge in [0.05, 0.1) is 31.4 Å². The maximum absolute atomic E-state index is 6.45. The van der Waals surface area contributed by atoms with Crippen LogP contribution in [-0.4, -0.2) is 20.8 Å². The van der Waals surface area contributed by atoms with Crippen LogP contribution < -0.4 is 14.8 Å². The minimum Gasteiger partial charge on any atom is -0.493 e. The lowest BCUT2D eigenvalue weighted by molar-refractivity contribution is 0.0828. The van der Waals surface area contributed by atoms with Crippen LogP contribution in [0.5, 0.6) is 11.5 Å². The normalized spacial score (nSPS) is 23.8. The van der Waals surface area contributed by atoms with E-state index in [2.05, 4.69) is 30.4 Å². The average Bonchev–Trinajstić information content (AvgIpc) is 3.16. The van der Waals surface area contributed by atoms with Crippen LogP contribution in [0, 0.1) is 5.92 Å². The van der Waals surface area contributed by atoms with Gasteiger partial charge >= 0.3 is 0 Å². The number of nitrogens with one attached hydrogen (secondary N) is 1. The quantitative estimate of drug-likeness (QED) is 0.803. The van der Waals surface area contributed by atoms with Gasteiger partial charge in [-0.15, -0.1) is 0 Å². The van der Waals surface area contributed by atoms with E-state index in [4.69, 9.17) is 25.8 Å². The lowest BCUT2D eigenvalue weighted by atomic mass is 9.80. The molecule has 1 fully saturated rings. The van der Waals surface area contributed by atoms with Gasteiger partial charge in [-0.05, 0) is 42.2 Å². The summed E-state index contributed by atoms with van der Waals surface area (Å²) < 4.78 is 17.0. The van der Waals surface area contributed by atoms with Crippen molar-refractivity contribution in [2.75, 3.05) is 26.1 Å². The highest BCUT2D eigenvalue weighted by molar-refractivity contribution is 6.32. The molecule has 1 unspecified atom stereocenters. The third-order valence-electron chi connectivity index (χ3n) is 5.52. The van der Waals surface area contributed by atoms with Crippen LogP contribution in [0.4, 0.5) is 5.69 Å². The molecule has 0 aromatic heterocycles. The van der Waals surface area contributed by atoms with Crippen molar-refractivity contribution in [2.45, 2.75) is 31.9 Å². The number of anilines is 1. The average molecular weight is 374 g/mol. The molecule has 0 saturated carbocycles. The van der Waals surface area contributed by atoms with Crippen LogP contribution in [0.15, 0.2) is 30.3 Å². The van der Waals surface area contributed by atoms with Crippen molar-refractivity contribution in [1.82, 2.24) is 0 Å². The van der Waals surface area contributed by atoms with E-state index in [1.165, 1.54) is 11.1 Å². The Kier molecular flexibility index (Phi) is 4.72. The van der Waals surface area contributed by atoms with Crippen LogP contribution in [0.3, 0.4) is 0 Å². The molecule has 2 aliphatic rings. The summed E-state index contributed by atoms with van der Waals surface area (Å²) in [6.07, 6.45) is 2.17. The zero-order chi connectivity index (χ0) is 18.3. The number of hydrogen-bond acceptors (Lipinski definition) is 4. The molecule has 1 N–H and O–H groups in total. The highest BCUT2D eigenvalue weighted by Gasteiger charge is 2.41. The molecule has 0 spiro atoms. The largest absolute Gasteiger partial charge is 0.493 e. The Balaban J connectivity index is 1.77. The summed E-state index contributed by atoms with van der Waals surface area (Å²) in [7, 11) is 3.24. The molecular formula is C21H24ClNO3. The third kappa shape index (κ3) is 2.81. The van der Waals surface area contributed by atoms with Crippen molar-refractivity contribution in [3.8, 4) is 11.5 Å². The molecule has 5 heteroatoms. The maximum Gasteiger partial charge on any atom is 0.179 e. The highest BCUT2D eigenvalue weighted by atomic mass is 35.5. The predicted octanol–water partition coefficient (Wildman–Crippen LogP) is 5.16. The molecule has 138 valence electrons. The first-order chi connectivity index (χ1) is 12.7. The van der Waals surface area contributed by atoms with Crippen molar-refractivity contribution in [2.24, 2.45) is 5.92 Å². The van der Waals surface area contributed by atoms with Gasteiger partial charge in [0.1, 0.15) is 0 Å². The Morgan fingerprint density at radius 2 is 2.04 bits per heavy atom. The Bertz CT molecular complexity index is 823. The molecule has 0 radical (unpaired) electrons. The molecule has 2 aromatic carbocycles. The van der Waals surface area contributed by atoms with E-state index in [9.17, 15) is 0 Å². The molecule has 2 aliphatic heterocycles. The summed E-state index contributed by atoms with van der Waals surface area (Å²) in [5, 5.41) is 4.28. The molecule has 2 aromatic rings. The van der Waals surface area contributed by atoms with Gasteiger partial charge in [-0.1, -0.05) is 30.7 Å². The molecule has 4 nitrogen and oxygen atoms in total. The molecule has 3 atom stereocenters. The van der Waals surface area contributed by atoms with Crippen molar-refractivity contribution in [3.63, 3.8) is 0 Å². The van der Waals surface area contributed by atoms with Crippen LogP contribution in [0.25, 0.3) is 0 Å². The summed E-state index contributed by atoms with van der Waals surface area (Å²) in [6, 6.07) is 10.7. The van der Waals surface area contributed by atoms with Gasteiger partial charge in [-0.3, -0.25) is 0 Å². The molecule has 0 bridgehead atoms. The minimum absolute atomic E-state index is 0.120. The standard InChI is InChI=1S/C21H24ClNO3/c1-4-12-5-6-17-15(9-12)20-14(7-8-26-20)19(23-17)13-10-16(22)21(25-3)18(11-13)24-2/h5-6,9-11,14,19-20,23H,4,7-8H2,1-3H3/t14-,19?,20-/m0/s1. The van der Waals surface area contributed by atoms with E-state index >= 15 is 0 Å². The number of benzene rings is 2. The summed E-state index contributed by atoms with van der Waals surface area (Å²) in [6.45, 7) is 2.96. The maximum atomic E-state index is 6.45. The Morgan fingerprint density at radius 1 is 1.19 bits per heavy atom. The van der Waals surface area contributed by atoms with Gasteiger partial charge in [0, 0.05) is 23.8 Å². The van der Waals surface area contributed by atoms with E-state index in [0.717, 1.165) is 30.7 Å². The fourth-order valence-corrected chi connectivity index (χ4v) is 4.49. The summed E-state index contributed by atoms with van der Waals surface area (Å²) in [5.74, 6) is 1.59. The molecular weight excluding hydrogens is 350 g/mol.